The first-order chi connectivity index (χ1) is 8.86. The number of benzene rings is 1. The minimum Gasteiger partial charge on any atom is -0.338 e. The van der Waals surface area contributed by atoms with Crippen LogP contribution in [-0.4, -0.2) is 40.9 Å². The molecule has 0 aliphatic carbocycles. The SMILES string of the molecule is Cn1c(-c2ccccc2)nnc1N1CCNCC1. The molecule has 1 aromatic heterocycles. The highest BCUT2D eigenvalue weighted by Crippen LogP contribution is 2.20. The van der Waals surface area contributed by atoms with Crippen LogP contribution in [0.4, 0.5) is 5.95 Å². The molecule has 0 bridgehead atoms. The third-order valence-corrected chi connectivity index (χ3v) is 3.28. The van der Waals surface area contributed by atoms with Gasteiger partial charge in [0.15, 0.2) is 5.82 Å². The van der Waals surface area contributed by atoms with Gasteiger partial charge in [-0.05, 0) is 0 Å². The van der Waals surface area contributed by atoms with Crippen LogP contribution in [0.3, 0.4) is 0 Å². The van der Waals surface area contributed by atoms with E-state index in [1.807, 2.05) is 25.2 Å². The molecule has 2 heterocycles. The van der Waals surface area contributed by atoms with Crippen molar-refractivity contribution in [3.63, 3.8) is 0 Å². The summed E-state index contributed by atoms with van der Waals surface area (Å²) in [5.74, 6) is 1.87. The van der Waals surface area contributed by atoms with E-state index in [-0.39, 0.29) is 0 Å². The van der Waals surface area contributed by atoms with E-state index in [2.05, 4.69) is 37.1 Å². The fourth-order valence-corrected chi connectivity index (χ4v) is 2.30. The summed E-state index contributed by atoms with van der Waals surface area (Å²) in [5.41, 5.74) is 1.11. The Labute approximate surface area is 106 Å². The number of nitrogens with zero attached hydrogens (tertiary/aromatic N) is 4. The second-order valence-electron chi connectivity index (χ2n) is 4.49. The summed E-state index contributed by atoms with van der Waals surface area (Å²) < 4.78 is 2.07. The van der Waals surface area contributed by atoms with Crippen LogP contribution in [0.2, 0.25) is 0 Å². The van der Waals surface area contributed by atoms with Gasteiger partial charge in [0.2, 0.25) is 5.95 Å². The van der Waals surface area contributed by atoms with Gasteiger partial charge in [-0.1, -0.05) is 30.3 Å². The lowest BCUT2D eigenvalue weighted by atomic mass is 10.2. The Hall–Kier alpha value is -1.88. The third-order valence-electron chi connectivity index (χ3n) is 3.28. The van der Waals surface area contributed by atoms with Gasteiger partial charge >= 0.3 is 0 Å². The first-order valence-electron chi connectivity index (χ1n) is 6.27. The van der Waals surface area contributed by atoms with Crippen LogP contribution in [0.5, 0.6) is 0 Å². The van der Waals surface area contributed by atoms with Crippen LogP contribution >= 0.6 is 0 Å². The molecule has 5 heteroatoms. The number of anilines is 1. The number of hydrogen-bond donors (Lipinski definition) is 1. The zero-order valence-electron chi connectivity index (χ0n) is 10.5. The molecule has 1 N–H and O–H groups in total. The van der Waals surface area contributed by atoms with E-state index in [0.717, 1.165) is 43.5 Å². The highest BCUT2D eigenvalue weighted by molar-refractivity contribution is 5.57. The summed E-state index contributed by atoms with van der Waals surface area (Å²) in [7, 11) is 2.03. The van der Waals surface area contributed by atoms with Crippen molar-refractivity contribution in [1.29, 1.82) is 0 Å². The molecule has 1 saturated heterocycles. The minimum atomic E-state index is 0.920. The lowest BCUT2D eigenvalue weighted by Gasteiger charge is -2.27. The molecule has 2 aromatic rings. The van der Waals surface area contributed by atoms with E-state index in [4.69, 9.17) is 0 Å². The zero-order valence-corrected chi connectivity index (χ0v) is 10.5. The maximum atomic E-state index is 4.33. The van der Waals surface area contributed by atoms with Crippen LogP contribution in [0, 0.1) is 0 Å². The van der Waals surface area contributed by atoms with Crippen molar-refractivity contribution in [1.82, 2.24) is 20.1 Å². The minimum absolute atomic E-state index is 0.920. The maximum absolute atomic E-state index is 4.33. The van der Waals surface area contributed by atoms with Crippen molar-refractivity contribution in [2.24, 2.45) is 7.05 Å². The van der Waals surface area contributed by atoms with Crippen molar-refractivity contribution < 1.29 is 0 Å². The number of rotatable bonds is 2. The monoisotopic (exact) mass is 243 g/mol. The average molecular weight is 243 g/mol. The van der Waals surface area contributed by atoms with E-state index in [9.17, 15) is 0 Å². The van der Waals surface area contributed by atoms with Crippen molar-refractivity contribution in [3.05, 3.63) is 30.3 Å². The predicted octanol–water partition coefficient (Wildman–Crippen LogP) is 0.892. The van der Waals surface area contributed by atoms with Gasteiger partial charge in [0.25, 0.3) is 0 Å². The largest absolute Gasteiger partial charge is 0.338 e. The molecule has 0 saturated carbocycles. The van der Waals surface area contributed by atoms with Crippen LogP contribution < -0.4 is 10.2 Å². The van der Waals surface area contributed by atoms with Gasteiger partial charge in [0.1, 0.15) is 0 Å². The Kier molecular flexibility index (Phi) is 2.98. The summed E-state index contributed by atoms with van der Waals surface area (Å²) in [4.78, 5) is 2.27. The molecule has 1 aliphatic heterocycles. The molecule has 0 amide bonds. The quantitative estimate of drug-likeness (QED) is 0.851. The van der Waals surface area contributed by atoms with E-state index in [1.54, 1.807) is 0 Å². The highest BCUT2D eigenvalue weighted by atomic mass is 15.4. The van der Waals surface area contributed by atoms with Gasteiger partial charge < -0.3 is 10.2 Å². The van der Waals surface area contributed by atoms with Gasteiger partial charge in [-0.2, -0.15) is 0 Å². The fourth-order valence-electron chi connectivity index (χ4n) is 2.30. The van der Waals surface area contributed by atoms with Crippen molar-refractivity contribution in [2.75, 3.05) is 31.1 Å². The lowest BCUT2D eigenvalue weighted by molar-refractivity contribution is 0.573. The van der Waals surface area contributed by atoms with Crippen LogP contribution in [0.15, 0.2) is 30.3 Å². The summed E-state index contributed by atoms with van der Waals surface area (Å²) in [6, 6.07) is 10.2. The Morgan fingerprint density at radius 1 is 1.06 bits per heavy atom. The van der Waals surface area contributed by atoms with E-state index < -0.39 is 0 Å². The smallest absolute Gasteiger partial charge is 0.227 e. The van der Waals surface area contributed by atoms with Gasteiger partial charge in [0, 0.05) is 38.8 Å². The Bertz CT molecular complexity index is 513. The summed E-state index contributed by atoms with van der Waals surface area (Å²) in [6.07, 6.45) is 0. The van der Waals surface area contributed by atoms with Gasteiger partial charge in [-0.15, -0.1) is 10.2 Å². The van der Waals surface area contributed by atoms with E-state index in [0.29, 0.717) is 0 Å². The Morgan fingerprint density at radius 3 is 2.50 bits per heavy atom. The van der Waals surface area contributed by atoms with Gasteiger partial charge in [-0.3, -0.25) is 4.57 Å². The summed E-state index contributed by atoms with van der Waals surface area (Å²) in [5, 5.41) is 12.0. The standard InChI is InChI=1S/C13H17N5/c1-17-12(11-5-3-2-4-6-11)15-16-13(17)18-9-7-14-8-10-18/h2-6,14H,7-10H2,1H3. The average Bonchev–Trinajstić information content (AvgIpc) is 2.83. The fraction of sp³-hybridized carbons (Fsp3) is 0.385. The Morgan fingerprint density at radius 2 is 1.78 bits per heavy atom. The first-order valence-corrected chi connectivity index (χ1v) is 6.27. The second kappa shape index (κ2) is 4.78. The maximum Gasteiger partial charge on any atom is 0.227 e. The van der Waals surface area contributed by atoms with Crippen LogP contribution in [0.1, 0.15) is 0 Å². The lowest BCUT2D eigenvalue weighted by Crippen LogP contribution is -2.44. The molecular weight excluding hydrogens is 226 g/mol. The molecule has 3 rings (SSSR count). The van der Waals surface area contributed by atoms with E-state index >= 15 is 0 Å². The van der Waals surface area contributed by atoms with Gasteiger partial charge in [-0.25, -0.2) is 0 Å². The first kappa shape index (κ1) is 11.2. The summed E-state index contributed by atoms with van der Waals surface area (Å²) in [6.45, 7) is 3.99. The molecule has 1 aromatic carbocycles. The highest BCUT2D eigenvalue weighted by Gasteiger charge is 2.18. The van der Waals surface area contributed by atoms with Crippen molar-refractivity contribution in [2.45, 2.75) is 0 Å². The molecule has 0 spiro atoms. The number of hydrogen-bond acceptors (Lipinski definition) is 4. The molecule has 1 aliphatic rings. The van der Waals surface area contributed by atoms with Gasteiger partial charge in [0.05, 0.1) is 0 Å². The molecule has 1 fully saturated rings. The molecular formula is C13H17N5. The number of nitrogens with one attached hydrogen (secondary N) is 1. The van der Waals surface area contributed by atoms with Crippen LogP contribution in [0.25, 0.3) is 11.4 Å². The predicted molar refractivity (Wildman–Crippen MR) is 71.5 cm³/mol. The number of aromatic nitrogens is 3. The molecule has 18 heavy (non-hydrogen) atoms. The Balaban J connectivity index is 1.92. The molecule has 0 unspecified atom stereocenters. The van der Waals surface area contributed by atoms with Crippen molar-refractivity contribution in [3.8, 4) is 11.4 Å². The topological polar surface area (TPSA) is 46.0 Å². The second-order valence-corrected chi connectivity index (χ2v) is 4.49. The third kappa shape index (κ3) is 1.97. The van der Waals surface area contributed by atoms with Crippen LogP contribution in [-0.2, 0) is 7.05 Å². The molecule has 0 atom stereocenters. The zero-order chi connectivity index (χ0) is 12.4. The molecule has 94 valence electrons. The summed E-state index contributed by atoms with van der Waals surface area (Å²) >= 11 is 0. The normalized spacial score (nSPS) is 15.9. The molecule has 5 nitrogen and oxygen atoms in total. The van der Waals surface area contributed by atoms with E-state index in [1.165, 1.54) is 0 Å². The van der Waals surface area contributed by atoms with Crippen molar-refractivity contribution >= 4 is 5.95 Å². The molecule has 0 radical (unpaired) electrons. The number of piperazine rings is 1.